The second-order valence-corrected chi connectivity index (χ2v) is 4.88. The van der Waals surface area contributed by atoms with Crippen molar-refractivity contribution in [1.82, 2.24) is 10.3 Å². The Labute approximate surface area is 108 Å². The Morgan fingerprint density at radius 1 is 1.44 bits per heavy atom. The van der Waals surface area contributed by atoms with Crippen LogP contribution in [0.15, 0.2) is 12.1 Å². The molecule has 0 spiro atoms. The van der Waals surface area contributed by atoms with E-state index in [4.69, 9.17) is 16.2 Å². The Bertz CT molecular complexity index is 376. The summed E-state index contributed by atoms with van der Waals surface area (Å²) in [5.41, 5.74) is 13.4. The largest absolute Gasteiger partial charge is 0.384 e. The van der Waals surface area contributed by atoms with Crippen LogP contribution in [-0.4, -0.2) is 37.3 Å². The fourth-order valence-corrected chi connectivity index (χ4v) is 2.47. The Kier molecular flexibility index (Phi) is 4.52. The van der Waals surface area contributed by atoms with Gasteiger partial charge in [-0.3, -0.25) is 0 Å². The van der Waals surface area contributed by atoms with E-state index in [9.17, 15) is 0 Å². The van der Waals surface area contributed by atoms with E-state index in [1.165, 1.54) is 0 Å². The van der Waals surface area contributed by atoms with Gasteiger partial charge in [-0.2, -0.15) is 0 Å². The smallest absolute Gasteiger partial charge is 0.123 e. The molecule has 1 aromatic heterocycles. The third kappa shape index (κ3) is 3.41. The maximum atomic E-state index is 5.77. The first-order chi connectivity index (χ1) is 8.69. The molecule has 0 aliphatic carbocycles. The van der Waals surface area contributed by atoms with Gasteiger partial charge in [0.15, 0.2) is 0 Å². The maximum Gasteiger partial charge on any atom is 0.123 e. The van der Waals surface area contributed by atoms with Crippen molar-refractivity contribution < 1.29 is 4.74 Å². The molecule has 5 nitrogen and oxygen atoms in total. The van der Waals surface area contributed by atoms with Crippen LogP contribution in [-0.2, 0) is 11.2 Å². The molecular formula is C13H22N4O. The van der Waals surface area contributed by atoms with E-state index in [1.54, 1.807) is 0 Å². The van der Waals surface area contributed by atoms with E-state index in [1.807, 2.05) is 13.0 Å². The molecule has 2 heterocycles. The topological polar surface area (TPSA) is 86.2 Å². The lowest BCUT2D eigenvalue weighted by molar-refractivity contribution is 0.0428. The molecule has 1 aliphatic heterocycles. The fourth-order valence-electron chi connectivity index (χ4n) is 2.47. The number of aromatic nitrogens is 1. The molecule has 1 aliphatic rings. The molecule has 5 N–H and O–H groups in total. The van der Waals surface area contributed by atoms with Gasteiger partial charge in [0.25, 0.3) is 0 Å². The zero-order valence-corrected chi connectivity index (χ0v) is 10.9. The minimum Gasteiger partial charge on any atom is -0.384 e. The van der Waals surface area contributed by atoms with Crippen LogP contribution in [0.5, 0.6) is 0 Å². The number of nitrogens with one attached hydrogen (secondary N) is 1. The molecule has 0 bridgehead atoms. The lowest BCUT2D eigenvalue weighted by atomic mass is 9.99. The number of nitrogen functional groups attached to an aromatic ring is 1. The first-order valence-corrected chi connectivity index (χ1v) is 6.44. The second kappa shape index (κ2) is 6.13. The molecule has 0 radical (unpaired) electrons. The van der Waals surface area contributed by atoms with Gasteiger partial charge < -0.3 is 21.5 Å². The summed E-state index contributed by atoms with van der Waals surface area (Å²) >= 11 is 0. The summed E-state index contributed by atoms with van der Waals surface area (Å²) in [5.74, 6) is 1.04. The van der Waals surface area contributed by atoms with E-state index >= 15 is 0 Å². The van der Waals surface area contributed by atoms with Gasteiger partial charge in [-0.15, -0.1) is 0 Å². The Hall–Kier alpha value is -1.17. The average molecular weight is 250 g/mol. The van der Waals surface area contributed by atoms with E-state index in [0.29, 0.717) is 24.9 Å². The molecule has 2 rings (SSSR count). The molecular weight excluding hydrogens is 228 g/mol. The minimum atomic E-state index is 0.233. The molecule has 18 heavy (non-hydrogen) atoms. The van der Waals surface area contributed by atoms with Gasteiger partial charge in [-0.25, -0.2) is 4.98 Å². The normalized spacial score (nSPS) is 23.4. The number of ether oxygens (including phenoxy) is 1. The zero-order chi connectivity index (χ0) is 13.0. The van der Waals surface area contributed by atoms with E-state index in [-0.39, 0.29) is 6.10 Å². The van der Waals surface area contributed by atoms with Crippen molar-refractivity contribution in [3.63, 3.8) is 0 Å². The van der Waals surface area contributed by atoms with Crippen LogP contribution in [0.3, 0.4) is 0 Å². The number of anilines is 1. The molecule has 1 aromatic rings. The monoisotopic (exact) mass is 250 g/mol. The van der Waals surface area contributed by atoms with Gasteiger partial charge in [-0.05, 0) is 31.0 Å². The molecule has 2 unspecified atom stereocenters. The summed E-state index contributed by atoms with van der Waals surface area (Å²) in [6.07, 6.45) is 1.13. The maximum absolute atomic E-state index is 5.77. The minimum absolute atomic E-state index is 0.233. The zero-order valence-electron chi connectivity index (χ0n) is 10.9. The summed E-state index contributed by atoms with van der Waals surface area (Å²) in [5, 5.41) is 3.36. The van der Waals surface area contributed by atoms with Gasteiger partial charge >= 0.3 is 0 Å². The number of hydrogen-bond donors (Lipinski definition) is 3. The molecule has 0 aromatic carbocycles. The van der Waals surface area contributed by atoms with Crippen molar-refractivity contribution in [3.05, 3.63) is 23.4 Å². The molecule has 1 saturated heterocycles. The molecule has 5 heteroatoms. The average Bonchev–Trinajstić information content (AvgIpc) is 2.72. The van der Waals surface area contributed by atoms with Crippen molar-refractivity contribution in [2.24, 2.45) is 11.7 Å². The number of rotatable bonds is 5. The molecule has 2 atom stereocenters. The lowest BCUT2D eigenvalue weighted by Gasteiger charge is -2.18. The van der Waals surface area contributed by atoms with E-state index in [2.05, 4.69) is 16.4 Å². The summed E-state index contributed by atoms with van der Waals surface area (Å²) in [6.45, 7) is 5.08. The van der Waals surface area contributed by atoms with Crippen molar-refractivity contribution in [2.45, 2.75) is 19.4 Å². The Morgan fingerprint density at radius 2 is 2.28 bits per heavy atom. The van der Waals surface area contributed by atoms with Crippen LogP contribution in [0.1, 0.15) is 11.3 Å². The molecule has 100 valence electrons. The highest BCUT2D eigenvalue weighted by Gasteiger charge is 2.28. The van der Waals surface area contributed by atoms with Crippen LogP contribution in [0.25, 0.3) is 0 Å². The van der Waals surface area contributed by atoms with Crippen molar-refractivity contribution in [3.8, 4) is 0 Å². The standard InChI is InChI=1S/C13H22N4O/c1-9-4-11(17-13(15)5-9)6-10-7-16-8-12(10)18-3-2-14/h4-5,10,12,16H,2-3,6-8,14H2,1H3,(H2,15,17). The first kappa shape index (κ1) is 13.3. The Morgan fingerprint density at radius 3 is 3.00 bits per heavy atom. The highest BCUT2D eigenvalue weighted by atomic mass is 16.5. The van der Waals surface area contributed by atoms with E-state index < -0.39 is 0 Å². The summed E-state index contributed by atoms with van der Waals surface area (Å²) < 4.78 is 5.75. The van der Waals surface area contributed by atoms with Gasteiger partial charge in [0.05, 0.1) is 12.7 Å². The quantitative estimate of drug-likeness (QED) is 0.689. The van der Waals surface area contributed by atoms with Gasteiger partial charge in [0, 0.05) is 31.2 Å². The number of aryl methyl sites for hydroxylation is 1. The summed E-state index contributed by atoms with van der Waals surface area (Å²) in [4.78, 5) is 4.38. The predicted molar refractivity (Wildman–Crippen MR) is 72.2 cm³/mol. The predicted octanol–water partition coefficient (Wildman–Crippen LogP) is 0.0780. The van der Waals surface area contributed by atoms with Crippen LogP contribution in [0.4, 0.5) is 5.82 Å². The molecule has 1 fully saturated rings. The third-order valence-corrected chi connectivity index (χ3v) is 3.24. The van der Waals surface area contributed by atoms with Crippen LogP contribution < -0.4 is 16.8 Å². The van der Waals surface area contributed by atoms with Crippen LogP contribution in [0, 0.1) is 12.8 Å². The summed E-state index contributed by atoms with van der Waals surface area (Å²) in [6, 6.07) is 3.98. The van der Waals surface area contributed by atoms with Crippen LogP contribution in [0.2, 0.25) is 0 Å². The SMILES string of the molecule is Cc1cc(N)nc(CC2CNCC2OCCN)c1. The number of nitrogens with zero attached hydrogens (tertiary/aromatic N) is 1. The van der Waals surface area contributed by atoms with Crippen molar-refractivity contribution in [2.75, 3.05) is 32.0 Å². The first-order valence-electron chi connectivity index (χ1n) is 6.44. The third-order valence-electron chi connectivity index (χ3n) is 3.24. The van der Waals surface area contributed by atoms with Gasteiger partial charge in [0.2, 0.25) is 0 Å². The second-order valence-electron chi connectivity index (χ2n) is 4.88. The number of pyridine rings is 1. The summed E-state index contributed by atoms with van der Waals surface area (Å²) in [7, 11) is 0. The lowest BCUT2D eigenvalue weighted by Crippen LogP contribution is -2.27. The van der Waals surface area contributed by atoms with Gasteiger partial charge in [-0.1, -0.05) is 0 Å². The number of hydrogen-bond acceptors (Lipinski definition) is 5. The highest BCUT2D eigenvalue weighted by molar-refractivity contribution is 5.34. The highest BCUT2D eigenvalue weighted by Crippen LogP contribution is 2.19. The van der Waals surface area contributed by atoms with Crippen molar-refractivity contribution >= 4 is 5.82 Å². The van der Waals surface area contributed by atoms with E-state index in [0.717, 1.165) is 30.8 Å². The molecule has 0 amide bonds. The van der Waals surface area contributed by atoms with Gasteiger partial charge in [0.1, 0.15) is 5.82 Å². The van der Waals surface area contributed by atoms with Crippen molar-refractivity contribution in [1.29, 1.82) is 0 Å². The fraction of sp³-hybridized carbons (Fsp3) is 0.615. The Balaban J connectivity index is 1.98. The van der Waals surface area contributed by atoms with Crippen LogP contribution >= 0.6 is 0 Å². The molecule has 0 saturated carbocycles. The number of nitrogens with two attached hydrogens (primary N) is 2.